The molecule has 0 saturated heterocycles. The average molecular weight is 438 g/mol. The number of anilines is 1. The molecule has 0 aliphatic rings. The first-order valence-electron chi connectivity index (χ1n) is 7.55. The van der Waals surface area contributed by atoms with E-state index in [0.717, 1.165) is 15.6 Å². The van der Waals surface area contributed by atoms with E-state index in [4.69, 9.17) is 11.6 Å². The van der Waals surface area contributed by atoms with Crippen molar-refractivity contribution in [3.05, 3.63) is 82.3 Å². The molecular formula is C18H13BrClFN3O2. The van der Waals surface area contributed by atoms with E-state index in [1.807, 2.05) is 12.1 Å². The van der Waals surface area contributed by atoms with Gasteiger partial charge in [0.1, 0.15) is 0 Å². The molecule has 133 valence electrons. The van der Waals surface area contributed by atoms with E-state index in [9.17, 15) is 14.3 Å². The van der Waals surface area contributed by atoms with E-state index < -0.39 is 11.9 Å². The third kappa shape index (κ3) is 3.89. The van der Waals surface area contributed by atoms with Crippen LogP contribution in [0.25, 0.3) is 5.69 Å². The van der Waals surface area contributed by atoms with Crippen LogP contribution in [0.4, 0.5) is 14.9 Å². The monoisotopic (exact) mass is 436 g/mol. The highest BCUT2D eigenvalue weighted by molar-refractivity contribution is 9.10. The summed E-state index contributed by atoms with van der Waals surface area (Å²) in [5.41, 5.74) is 1.21. The molecule has 1 radical (unpaired) electrons. The van der Waals surface area contributed by atoms with Crippen molar-refractivity contribution in [2.45, 2.75) is 6.42 Å². The van der Waals surface area contributed by atoms with Crippen LogP contribution < -0.4 is 4.90 Å². The van der Waals surface area contributed by atoms with Gasteiger partial charge < -0.3 is 5.11 Å². The zero-order valence-corrected chi connectivity index (χ0v) is 15.7. The summed E-state index contributed by atoms with van der Waals surface area (Å²) >= 11 is 9.42. The predicted octanol–water partition coefficient (Wildman–Crippen LogP) is 5.32. The van der Waals surface area contributed by atoms with Crippen LogP contribution in [-0.4, -0.2) is 21.0 Å². The number of amides is 1. The van der Waals surface area contributed by atoms with Crippen molar-refractivity contribution in [2.75, 3.05) is 4.90 Å². The van der Waals surface area contributed by atoms with Crippen molar-refractivity contribution in [3.63, 3.8) is 0 Å². The second-order valence-electron chi connectivity index (χ2n) is 5.32. The lowest BCUT2D eigenvalue weighted by Gasteiger charge is -2.20. The van der Waals surface area contributed by atoms with Crippen LogP contribution in [-0.2, 0) is 6.42 Å². The molecule has 0 bridgehead atoms. The number of aromatic nitrogens is 2. The summed E-state index contributed by atoms with van der Waals surface area (Å²) in [5.74, 6) is -0.520. The topological polar surface area (TPSA) is 58.4 Å². The third-order valence-corrected chi connectivity index (χ3v) is 4.52. The van der Waals surface area contributed by atoms with Crippen LogP contribution in [0.2, 0.25) is 5.02 Å². The molecule has 3 aromatic rings. The van der Waals surface area contributed by atoms with E-state index in [2.05, 4.69) is 21.0 Å². The Hall–Kier alpha value is -2.38. The largest absolute Gasteiger partial charge is 0.465 e. The second kappa shape index (κ2) is 7.88. The lowest BCUT2D eigenvalue weighted by atomic mass is 10.2. The molecule has 0 fully saturated rings. The van der Waals surface area contributed by atoms with Gasteiger partial charge >= 0.3 is 6.09 Å². The Labute approximate surface area is 162 Å². The number of benzene rings is 2. The molecule has 1 N–H and O–H groups in total. The molecule has 0 unspecified atom stereocenters. The Morgan fingerprint density at radius 3 is 2.62 bits per heavy atom. The maximum atomic E-state index is 14.2. The van der Waals surface area contributed by atoms with Gasteiger partial charge in [-0.15, -0.1) is 0 Å². The molecule has 26 heavy (non-hydrogen) atoms. The molecule has 0 aliphatic heterocycles. The number of halogens is 3. The molecule has 0 aliphatic carbocycles. The Morgan fingerprint density at radius 1 is 1.27 bits per heavy atom. The van der Waals surface area contributed by atoms with Gasteiger partial charge in [0.15, 0.2) is 5.82 Å². The van der Waals surface area contributed by atoms with Gasteiger partial charge in [0, 0.05) is 10.9 Å². The molecule has 0 spiro atoms. The number of para-hydroxylation sites is 1. The Balaban J connectivity index is 1.87. The molecule has 1 amide bonds. The second-order valence-corrected chi connectivity index (χ2v) is 6.64. The van der Waals surface area contributed by atoms with Crippen molar-refractivity contribution in [1.29, 1.82) is 0 Å². The van der Waals surface area contributed by atoms with Gasteiger partial charge in [0.25, 0.3) is 0 Å². The standard InChI is InChI=1S/C18H13BrClFN3O2/c19-12-5-7-13(8-6-12)24-17(15(21)11-22-24)9-10-23(18(25)26)16-4-2-1-3-14(16)20/h1-8,10-11H,9H2,(H,25,26). The highest BCUT2D eigenvalue weighted by atomic mass is 79.9. The summed E-state index contributed by atoms with van der Waals surface area (Å²) < 4.78 is 16.5. The van der Waals surface area contributed by atoms with E-state index in [1.54, 1.807) is 36.4 Å². The lowest BCUT2D eigenvalue weighted by molar-refractivity contribution is 0.203. The van der Waals surface area contributed by atoms with E-state index in [-0.39, 0.29) is 17.1 Å². The van der Waals surface area contributed by atoms with Crippen molar-refractivity contribution < 1.29 is 14.3 Å². The predicted molar refractivity (Wildman–Crippen MR) is 101 cm³/mol. The maximum Gasteiger partial charge on any atom is 0.412 e. The van der Waals surface area contributed by atoms with Crippen LogP contribution in [0, 0.1) is 12.4 Å². The molecule has 1 aromatic heterocycles. The van der Waals surface area contributed by atoms with Gasteiger partial charge in [-0.25, -0.2) is 13.9 Å². The number of nitrogens with zero attached hydrogens (tertiary/aromatic N) is 3. The van der Waals surface area contributed by atoms with Crippen molar-refractivity contribution in [1.82, 2.24) is 9.78 Å². The minimum atomic E-state index is -1.21. The normalized spacial score (nSPS) is 10.7. The highest BCUT2D eigenvalue weighted by Gasteiger charge is 2.20. The quantitative estimate of drug-likeness (QED) is 0.588. The minimum Gasteiger partial charge on any atom is -0.465 e. The third-order valence-electron chi connectivity index (χ3n) is 3.67. The average Bonchev–Trinajstić information content (AvgIpc) is 2.98. The Bertz CT molecular complexity index is 930. The van der Waals surface area contributed by atoms with Crippen molar-refractivity contribution >= 4 is 39.3 Å². The van der Waals surface area contributed by atoms with Crippen LogP contribution in [0.15, 0.2) is 59.2 Å². The van der Waals surface area contributed by atoms with E-state index in [0.29, 0.717) is 11.4 Å². The van der Waals surface area contributed by atoms with Crippen molar-refractivity contribution in [3.8, 4) is 5.69 Å². The summed E-state index contributed by atoms with van der Waals surface area (Å²) in [6, 6.07) is 13.7. The minimum absolute atomic E-state index is 0.0133. The number of hydrogen-bond donors (Lipinski definition) is 1. The zero-order valence-electron chi connectivity index (χ0n) is 13.3. The molecule has 2 aromatic carbocycles. The fourth-order valence-electron chi connectivity index (χ4n) is 2.45. The van der Waals surface area contributed by atoms with Gasteiger partial charge in [-0.3, -0.25) is 4.90 Å². The van der Waals surface area contributed by atoms with Crippen molar-refractivity contribution in [2.24, 2.45) is 0 Å². The zero-order chi connectivity index (χ0) is 18.7. The fraction of sp³-hybridized carbons (Fsp3) is 0.0556. The van der Waals surface area contributed by atoms with Crippen LogP contribution in [0.3, 0.4) is 0 Å². The molecule has 5 nitrogen and oxygen atoms in total. The first kappa shape index (κ1) is 18.4. The van der Waals surface area contributed by atoms with Crippen LogP contribution in [0.5, 0.6) is 0 Å². The molecular weight excluding hydrogens is 425 g/mol. The van der Waals surface area contributed by atoms with E-state index in [1.165, 1.54) is 11.2 Å². The lowest BCUT2D eigenvalue weighted by Crippen LogP contribution is -2.28. The SMILES string of the molecule is O=C(O)N([CH]Cc1c(F)cnn1-c1ccc(Br)cc1)c1ccccc1Cl. The molecule has 1 heterocycles. The maximum absolute atomic E-state index is 14.2. The van der Waals surface area contributed by atoms with E-state index >= 15 is 0 Å². The number of rotatable bonds is 5. The van der Waals surface area contributed by atoms with Gasteiger partial charge in [-0.05, 0) is 36.4 Å². The van der Waals surface area contributed by atoms with Crippen LogP contribution >= 0.6 is 27.5 Å². The Kier molecular flexibility index (Phi) is 5.58. The molecule has 0 atom stereocenters. The first-order chi connectivity index (χ1) is 12.5. The summed E-state index contributed by atoms with van der Waals surface area (Å²) in [5, 5.41) is 13.8. The molecule has 8 heteroatoms. The summed E-state index contributed by atoms with van der Waals surface area (Å²) in [6.45, 7) is 1.36. The molecule has 0 saturated carbocycles. The van der Waals surface area contributed by atoms with Gasteiger partial charge in [-0.2, -0.15) is 5.10 Å². The molecule has 3 rings (SSSR count). The van der Waals surface area contributed by atoms with Gasteiger partial charge in [0.2, 0.25) is 0 Å². The van der Waals surface area contributed by atoms with Crippen LogP contribution in [0.1, 0.15) is 5.69 Å². The summed E-state index contributed by atoms with van der Waals surface area (Å²) in [7, 11) is 0. The summed E-state index contributed by atoms with van der Waals surface area (Å²) in [6.07, 6.45) is -0.0983. The highest BCUT2D eigenvalue weighted by Crippen LogP contribution is 2.27. The number of carbonyl (C=O) groups is 1. The fourth-order valence-corrected chi connectivity index (χ4v) is 2.94. The van der Waals surface area contributed by atoms with Gasteiger partial charge in [-0.1, -0.05) is 39.7 Å². The Morgan fingerprint density at radius 2 is 1.96 bits per heavy atom. The number of hydrogen-bond acceptors (Lipinski definition) is 2. The van der Waals surface area contributed by atoms with Gasteiger partial charge in [0.05, 0.1) is 34.8 Å². The number of carboxylic acid groups (broad SMARTS) is 1. The summed E-state index contributed by atoms with van der Waals surface area (Å²) in [4.78, 5) is 12.6. The first-order valence-corrected chi connectivity index (χ1v) is 8.73. The smallest absolute Gasteiger partial charge is 0.412 e.